The molecular formula is C24H31N3O3. The van der Waals surface area contributed by atoms with Gasteiger partial charge in [0.2, 0.25) is 5.91 Å². The van der Waals surface area contributed by atoms with Crippen LogP contribution in [0, 0.1) is 19.3 Å². The molecule has 2 N–H and O–H groups in total. The van der Waals surface area contributed by atoms with Gasteiger partial charge in [-0.1, -0.05) is 35.9 Å². The van der Waals surface area contributed by atoms with E-state index in [0.29, 0.717) is 31.1 Å². The fourth-order valence-corrected chi connectivity index (χ4v) is 3.81. The standard InChI is InChI=1S/C24H31N3O3/c1-17-6-9-19(10-7-17)15-25-22(28)24(3)12-5-13-27(16-24)23(29)26-20-14-18(2)8-11-21(20)30-4/h6-11,14H,5,12-13,15-16H2,1-4H3,(H,25,28)(H,26,29)/t24-/m0/s1. The van der Waals surface area contributed by atoms with Gasteiger partial charge in [0.1, 0.15) is 5.75 Å². The molecule has 0 bridgehead atoms. The van der Waals surface area contributed by atoms with E-state index in [1.807, 2.05) is 63.2 Å². The highest BCUT2D eigenvalue weighted by atomic mass is 16.5. The van der Waals surface area contributed by atoms with Crippen LogP contribution < -0.4 is 15.4 Å². The van der Waals surface area contributed by atoms with Crippen LogP contribution in [0.3, 0.4) is 0 Å². The Morgan fingerprint density at radius 2 is 1.80 bits per heavy atom. The van der Waals surface area contributed by atoms with Crippen molar-refractivity contribution in [2.24, 2.45) is 5.41 Å². The molecule has 0 unspecified atom stereocenters. The van der Waals surface area contributed by atoms with E-state index in [1.165, 1.54) is 5.56 Å². The molecule has 0 saturated carbocycles. The number of anilines is 1. The molecule has 3 amide bonds. The normalized spacial score (nSPS) is 18.6. The Bertz CT molecular complexity index is 910. The molecule has 0 spiro atoms. The summed E-state index contributed by atoms with van der Waals surface area (Å²) in [5, 5.41) is 5.99. The van der Waals surface area contributed by atoms with Crippen molar-refractivity contribution in [2.75, 3.05) is 25.5 Å². The van der Waals surface area contributed by atoms with Crippen LogP contribution in [0.1, 0.15) is 36.5 Å². The van der Waals surface area contributed by atoms with E-state index in [1.54, 1.807) is 12.0 Å². The number of rotatable bonds is 5. The van der Waals surface area contributed by atoms with E-state index < -0.39 is 5.41 Å². The lowest BCUT2D eigenvalue weighted by Crippen LogP contribution is -2.52. The Labute approximate surface area is 178 Å². The maximum absolute atomic E-state index is 12.9. The number of carbonyl (C=O) groups excluding carboxylic acids is 2. The number of hydrogen-bond acceptors (Lipinski definition) is 3. The Kier molecular flexibility index (Phi) is 6.65. The molecule has 1 atom stereocenters. The molecule has 1 aliphatic rings. The third kappa shape index (κ3) is 5.12. The van der Waals surface area contributed by atoms with Gasteiger partial charge in [0, 0.05) is 19.6 Å². The summed E-state index contributed by atoms with van der Waals surface area (Å²) < 4.78 is 5.35. The van der Waals surface area contributed by atoms with E-state index in [2.05, 4.69) is 10.6 Å². The van der Waals surface area contributed by atoms with Gasteiger partial charge in [-0.2, -0.15) is 0 Å². The molecule has 2 aromatic rings. The summed E-state index contributed by atoms with van der Waals surface area (Å²) >= 11 is 0. The molecule has 6 nitrogen and oxygen atoms in total. The van der Waals surface area contributed by atoms with E-state index in [9.17, 15) is 9.59 Å². The summed E-state index contributed by atoms with van der Waals surface area (Å²) in [6.07, 6.45) is 1.54. The average Bonchev–Trinajstić information content (AvgIpc) is 2.73. The smallest absolute Gasteiger partial charge is 0.321 e. The quantitative estimate of drug-likeness (QED) is 0.775. The van der Waals surface area contributed by atoms with Crippen LogP contribution in [0.25, 0.3) is 0 Å². The number of urea groups is 1. The Balaban J connectivity index is 1.63. The van der Waals surface area contributed by atoms with E-state index in [0.717, 1.165) is 24.0 Å². The molecule has 1 saturated heterocycles. The molecule has 30 heavy (non-hydrogen) atoms. The van der Waals surface area contributed by atoms with Gasteiger partial charge < -0.3 is 20.3 Å². The zero-order chi connectivity index (χ0) is 21.7. The van der Waals surface area contributed by atoms with Crippen LogP contribution in [-0.2, 0) is 11.3 Å². The highest BCUT2D eigenvalue weighted by Crippen LogP contribution is 2.31. The van der Waals surface area contributed by atoms with Gasteiger partial charge in [-0.15, -0.1) is 0 Å². The van der Waals surface area contributed by atoms with Crippen molar-refractivity contribution in [3.8, 4) is 5.75 Å². The van der Waals surface area contributed by atoms with Gasteiger partial charge in [0.05, 0.1) is 18.2 Å². The summed E-state index contributed by atoms with van der Waals surface area (Å²) in [7, 11) is 1.58. The summed E-state index contributed by atoms with van der Waals surface area (Å²) in [5.74, 6) is 0.596. The molecule has 0 aromatic heterocycles. The minimum absolute atomic E-state index is 0.0197. The third-order valence-corrected chi connectivity index (χ3v) is 5.70. The van der Waals surface area contributed by atoms with E-state index in [4.69, 9.17) is 4.74 Å². The fourth-order valence-electron chi connectivity index (χ4n) is 3.81. The predicted molar refractivity (Wildman–Crippen MR) is 119 cm³/mol. The largest absolute Gasteiger partial charge is 0.495 e. The van der Waals surface area contributed by atoms with Gasteiger partial charge in [-0.3, -0.25) is 4.79 Å². The SMILES string of the molecule is COc1ccc(C)cc1NC(=O)N1CCC[C@](C)(C(=O)NCc2ccc(C)cc2)C1. The fraction of sp³-hybridized carbons (Fsp3) is 0.417. The number of ether oxygens (including phenoxy) is 1. The van der Waals surface area contributed by atoms with Gasteiger partial charge in [-0.25, -0.2) is 4.79 Å². The first-order valence-corrected chi connectivity index (χ1v) is 10.4. The topological polar surface area (TPSA) is 70.7 Å². The van der Waals surface area contributed by atoms with Crippen molar-refractivity contribution >= 4 is 17.6 Å². The minimum atomic E-state index is -0.614. The second kappa shape index (κ2) is 9.20. The number of carbonyl (C=O) groups is 2. The van der Waals surface area contributed by atoms with Crippen molar-refractivity contribution in [3.63, 3.8) is 0 Å². The van der Waals surface area contributed by atoms with E-state index >= 15 is 0 Å². The van der Waals surface area contributed by atoms with Crippen LogP contribution >= 0.6 is 0 Å². The first-order valence-electron chi connectivity index (χ1n) is 10.4. The minimum Gasteiger partial charge on any atom is -0.495 e. The van der Waals surface area contributed by atoms with Crippen molar-refractivity contribution in [1.29, 1.82) is 0 Å². The number of nitrogens with one attached hydrogen (secondary N) is 2. The average molecular weight is 410 g/mol. The van der Waals surface area contributed by atoms with Gasteiger partial charge in [0.15, 0.2) is 0 Å². The molecule has 2 aromatic carbocycles. The lowest BCUT2D eigenvalue weighted by atomic mass is 9.81. The van der Waals surface area contributed by atoms with Crippen molar-refractivity contribution in [3.05, 3.63) is 59.2 Å². The lowest BCUT2D eigenvalue weighted by Gasteiger charge is -2.39. The van der Waals surface area contributed by atoms with Crippen LogP contribution in [0.2, 0.25) is 0 Å². The molecule has 6 heteroatoms. The summed E-state index contributed by atoms with van der Waals surface area (Å²) in [5.41, 5.74) is 3.31. The number of amides is 3. The highest BCUT2D eigenvalue weighted by molar-refractivity contribution is 5.92. The van der Waals surface area contributed by atoms with Crippen LogP contribution in [-0.4, -0.2) is 37.0 Å². The molecule has 1 aliphatic heterocycles. The maximum Gasteiger partial charge on any atom is 0.321 e. The zero-order valence-corrected chi connectivity index (χ0v) is 18.2. The molecular weight excluding hydrogens is 378 g/mol. The first kappa shape index (κ1) is 21.7. The Morgan fingerprint density at radius 3 is 2.50 bits per heavy atom. The number of nitrogens with zero attached hydrogens (tertiary/aromatic N) is 1. The van der Waals surface area contributed by atoms with Gasteiger partial charge in [-0.05, 0) is 56.9 Å². The number of methoxy groups -OCH3 is 1. The molecule has 1 fully saturated rings. The summed E-state index contributed by atoms with van der Waals surface area (Å²) in [6.45, 7) is 7.43. The van der Waals surface area contributed by atoms with Gasteiger partial charge in [0.25, 0.3) is 0 Å². The van der Waals surface area contributed by atoms with Crippen LogP contribution in [0.15, 0.2) is 42.5 Å². The van der Waals surface area contributed by atoms with Crippen molar-refractivity contribution in [1.82, 2.24) is 10.2 Å². The second-order valence-electron chi connectivity index (χ2n) is 8.39. The number of hydrogen-bond donors (Lipinski definition) is 2. The molecule has 0 radical (unpaired) electrons. The van der Waals surface area contributed by atoms with Crippen molar-refractivity contribution < 1.29 is 14.3 Å². The highest BCUT2D eigenvalue weighted by Gasteiger charge is 2.39. The summed E-state index contributed by atoms with van der Waals surface area (Å²) in [6, 6.07) is 13.6. The van der Waals surface area contributed by atoms with Crippen LogP contribution in [0.4, 0.5) is 10.5 Å². The third-order valence-electron chi connectivity index (χ3n) is 5.70. The molecule has 0 aliphatic carbocycles. The number of piperidine rings is 1. The number of likely N-dealkylation sites (tertiary alicyclic amines) is 1. The number of aryl methyl sites for hydroxylation is 2. The molecule has 1 heterocycles. The zero-order valence-electron chi connectivity index (χ0n) is 18.2. The van der Waals surface area contributed by atoms with E-state index in [-0.39, 0.29) is 11.9 Å². The monoisotopic (exact) mass is 409 g/mol. The summed E-state index contributed by atoms with van der Waals surface area (Å²) in [4.78, 5) is 27.6. The Morgan fingerprint density at radius 1 is 1.10 bits per heavy atom. The predicted octanol–water partition coefficient (Wildman–Crippen LogP) is 4.26. The van der Waals surface area contributed by atoms with Crippen molar-refractivity contribution in [2.45, 2.75) is 40.2 Å². The molecule has 160 valence electrons. The van der Waals surface area contributed by atoms with Crippen LogP contribution in [0.5, 0.6) is 5.75 Å². The molecule has 3 rings (SSSR count). The maximum atomic E-state index is 12.9. The van der Waals surface area contributed by atoms with Gasteiger partial charge >= 0.3 is 6.03 Å². The Hall–Kier alpha value is -3.02. The lowest BCUT2D eigenvalue weighted by molar-refractivity contribution is -0.132. The number of benzene rings is 2. The first-order chi connectivity index (χ1) is 14.3. The second-order valence-corrected chi connectivity index (χ2v) is 8.39.